The first-order chi connectivity index (χ1) is 7.95. The topological polar surface area (TPSA) is 57.6 Å². The molecule has 4 nitrogen and oxygen atoms in total. The lowest BCUT2D eigenvalue weighted by molar-refractivity contribution is 0.277. The predicted molar refractivity (Wildman–Crippen MR) is 67.7 cm³/mol. The van der Waals surface area contributed by atoms with Crippen molar-refractivity contribution in [1.29, 1.82) is 0 Å². The molecule has 0 fully saturated rings. The molecule has 0 bridgehead atoms. The number of rotatable bonds is 3. The van der Waals surface area contributed by atoms with Gasteiger partial charge in [0.15, 0.2) is 0 Å². The van der Waals surface area contributed by atoms with E-state index < -0.39 is 10.0 Å². The first-order valence-electron chi connectivity index (χ1n) is 5.64. The largest absolute Gasteiger partial charge is 0.396 e. The molecule has 1 atom stereocenters. The second-order valence-electron chi connectivity index (χ2n) is 4.51. The number of benzene rings is 1. The van der Waals surface area contributed by atoms with E-state index in [4.69, 9.17) is 5.11 Å². The standard InChI is InChI=1S/C12H17NO3S/c1-9-4-3-5-10-8-11(6-7-14)13(12(9)10)17(2,15)16/h3-5,11,14H,6-8H2,1-2H3. The molecule has 94 valence electrons. The second-order valence-corrected chi connectivity index (χ2v) is 6.37. The van der Waals surface area contributed by atoms with Gasteiger partial charge in [-0.1, -0.05) is 18.2 Å². The van der Waals surface area contributed by atoms with E-state index in [1.54, 1.807) is 0 Å². The molecule has 0 radical (unpaired) electrons. The maximum Gasteiger partial charge on any atom is 0.232 e. The highest BCUT2D eigenvalue weighted by molar-refractivity contribution is 7.92. The van der Waals surface area contributed by atoms with Crippen molar-refractivity contribution in [2.75, 3.05) is 17.2 Å². The van der Waals surface area contributed by atoms with Crippen LogP contribution < -0.4 is 4.31 Å². The van der Waals surface area contributed by atoms with E-state index in [9.17, 15) is 8.42 Å². The summed E-state index contributed by atoms with van der Waals surface area (Å²) < 4.78 is 25.2. The van der Waals surface area contributed by atoms with Gasteiger partial charge in [0.05, 0.1) is 18.0 Å². The van der Waals surface area contributed by atoms with Crippen LogP contribution in [0.3, 0.4) is 0 Å². The molecular weight excluding hydrogens is 238 g/mol. The van der Waals surface area contributed by atoms with Crippen LogP contribution in [0.2, 0.25) is 0 Å². The van der Waals surface area contributed by atoms with Gasteiger partial charge in [-0.25, -0.2) is 8.42 Å². The Kier molecular flexibility index (Phi) is 3.14. The Labute approximate surface area is 102 Å². The zero-order chi connectivity index (χ0) is 12.6. The van der Waals surface area contributed by atoms with Crippen LogP contribution in [0.5, 0.6) is 0 Å². The number of hydrogen-bond acceptors (Lipinski definition) is 3. The Morgan fingerprint density at radius 3 is 2.76 bits per heavy atom. The van der Waals surface area contributed by atoms with Gasteiger partial charge < -0.3 is 5.11 Å². The van der Waals surface area contributed by atoms with Gasteiger partial charge >= 0.3 is 0 Å². The molecule has 0 amide bonds. The third-order valence-corrected chi connectivity index (χ3v) is 4.34. The predicted octanol–water partition coefficient (Wildman–Crippen LogP) is 1.07. The van der Waals surface area contributed by atoms with Crippen molar-refractivity contribution >= 4 is 15.7 Å². The highest BCUT2D eigenvalue weighted by atomic mass is 32.2. The number of para-hydroxylation sites is 1. The van der Waals surface area contributed by atoms with Gasteiger partial charge in [-0.05, 0) is 30.9 Å². The van der Waals surface area contributed by atoms with Crippen molar-refractivity contribution in [1.82, 2.24) is 0 Å². The summed E-state index contributed by atoms with van der Waals surface area (Å²) in [6, 6.07) is 5.66. The minimum Gasteiger partial charge on any atom is -0.396 e. The molecule has 0 saturated carbocycles. The summed E-state index contributed by atoms with van der Waals surface area (Å²) in [6.07, 6.45) is 2.38. The number of aliphatic hydroxyl groups excluding tert-OH is 1. The van der Waals surface area contributed by atoms with E-state index in [2.05, 4.69) is 0 Å². The molecule has 0 spiro atoms. The molecule has 17 heavy (non-hydrogen) atoms. The maximum atomic E-state index is 11.9. The van der Waals surface area contributed by atoms with Crippen LogP contribution in [0, 0.1) is 6.92 Å². The average Bonchev–Trinajstić information content (AvgIpc) is 2.57. The van der Waals surface area contributed by atoms with Gasteiger partial charge in [0.1, 0.15) is 0 Å². The number of hydrogen-bond donors (Lipinski definition) is 1. The van der Waals surface area contributed by atoms with Crippen LogP contribution in [0.4, 0.5) is 5.69 Å². The van der Waals surface area contributed by atoms with E-state index >= 15 is 0 Å². The molecule has 1 unspecified atom stereocenters. The van der Waals surface area contributed by atoms with Crippen molar-refractivity contribution in [2.24, 2.45) is 0 Å². The summed E-state index contributed by atoms with van der Waals surface area (Å²) in [4.78, 5) is 0. The quantitative estimate of drug-likeness (QED) is 0.879. The number of anilines is 1. The second kappa shape index (κ2) is 4.31. The smallest absolute Gasteiger partial charge is 0.232 e. The molecule has 1 aromatic carbocycles. The summed E-state index contributed by atoms with van der Waals surface area (Å²) in [5, 5.41) is 9.04. The van der Waals surface area contributed by atoms with Gasteiger partial charge in [0, 0.05) is 6.61 Å². The van der Waals surface area contributed by atoms with Crippen molar-refractivity contribution < 1.29 is 13.5 Å². The van der Waals surface area contributed by atoms with Crippen molar-refractivity contribution in [2.45, 2.75) is 25.8 Å². The van der Waals surface area contributed by atoms with Crippen LogP contribution in [-0.4, -0.2) is 32.4 Å². The van der Waals surface area contributed by atoms with Gasteiger partial charge in [-0.3, -0.25) is 4.31 Å². The number of fused-ring (bicyclic) bond motifs is 1. The Hall–Kier alpha value is -1.07. The maximum absolute atomic E-state index is 11.9. The van der Waals surface area contributed by atoms with E-state index in [1.165, 1.54) is 10.6 Å². The lowest BCUT2D eigenvalue weighted by atomic mass is 10.1. The monoisotopic (exact) mass is 255 g/mol. The third-order valence-electron chi connectivity index (χ3n) is 3.15. The zero-order valence-electron chi connectivity index (χ0n) is 10.0. The summed E-state index contributed by atoms with van der Waals surface area (Å²) in [6.45, 7) is 1.92. The van der Waals surface area contributed by atoms with E-state index in [0.717, 1.165) is 16.8 Å². The first-order valence-corrected chi connectivity index (χ1v) is 7.48. The van der Waals surface area contributed by atoms with E-state index in [-0.39, 0.29) is 12.6 Å². The summed E-state index contributed by atoms with van der Waals surface area (Å²) in [5.41, 5.74) is 2.82. The zero-order valence-corrected chi connectivity index (χ0v) is 10.9. The normalized spacial score (nSPS) is 19.5. The summed E-state index contributed by atoms with van der Waals surface area (Å²) in [7, 11) is -3.29. The molecule has 1 aliphatic heterocycles. The number of sulfonamides is 1. The molecule has 1 aromatic rings. The van der Waals surface area contributed by atoms with Gasteiger partial charge in [-0.15, -0.1) is 0 Å². The molecule has 0 aliphatic carbocycles. The Morgan fingerprint density at radius 2 is 2.18 bits per heavy atom. The molecular formula is C12H17NO3S. The average molecular weight is 255 g/mol. The fourth-order valence-electron chi connectivity index (χ4n) is 2.52. The minimum atomic E-state index is -3.29. The highest BCUT2D eigenvalue weighted by Gasteiger charge is 2.35. The summed E-state index contributed by atoms with van der Waals surface area (Å²) in [5.74, 6) is 0. The molecule has 1 N–H and O–H groups in total. The van der Waals surface area contributed by atoms with Crippen LogP contribution >= 0.6 is 0 Å². The third kappa shape index (κ3) is 2.17. The number of aryl methyl sites for hydroxylation is 1. The van der Waals surface area contributed by atoms with Gasteiger partial charge in [0.2, 0.25) is 10.0 Å². The lowest BCUT2D eigenvalue weighted by Crippen LogP contribution is -2.37. The van der Waals surface area contributed by atoms with Gasteiger partial charge in [-0.2, -0.15) is 0 Å². The fraction of sp³-hybridized carbons (Fsp3) is 0.500. The Morgan fingerprint density at radius 1 is 1.47 bits per heavy atom. The lowest BCUT2D eigenvalue weighted by Gasteiger charge is -2.25. The minimum absolute atomic E-state index is 0.00369. The summed E-state index contributed by atoms with van der Waals surface area (Å²) >= 11 is 0. The van der Waals surface area contributed by atoms with Gasteiger partial charge in [0.25, 0.3) is 0 Å². The Bertz CT molecular complexity index is 525. The Balaban J connectivity index is 2.53. The molecule has 0 aromatic heterocycles. The SMILES string of the molecule is Cc1cccc2c1N(S(C)(=O)=O)C(CCO)C2. The first kappa shape index (κ1) is 12.4. The number of aliphatic hydroxyl groups is 1. The van der Waals surface area contributed by atoms with Crippen molar-refractivity contribution in [3.8, 4) is 0 Å². The molecule has 5 heteroatoms. The number of nitrogens with zero attached hydrogens (tertiary/aromatic N) is 1. The highest BCUT2D eigenvalue weighted by Crippen LogP contribution is 2.37. The molecule has 1 heterocycles. The van der Waals surface area contributed by atoms with Crippen LogP contribution in [0.1, 0.15) is 17.5 Å². The molecule has 2 rings (SSSR count). The van der Waals surface area contributed by atoms with E-state index in [0.29, 0.717) is 12.8 Å². The molecule has 0 saturated heterocycles. The van der Waals surface area contributed by atoms with Crippen molar-refractivity contribution in [3.63, 3.8) is 0 Å². The molecule has 1 aliphatic rings. The van der Waals surface area contributed by atoms with Crippen molar-refractivity contribution in [3.05, 3.63) is 29.3 Å². The van der Waals surface area contributed by atoms with Crippen LogP contribution in [0.25, 0.3) is 0 Å². The van der Waals surface area contributed by atoms with Crippen LogP contribution in [0.15, 0.2) is 18.2 Å². The van der Waals surface area contributed by atoms with E-state index in [1.807, 2.05) is 25.1 Å². The van der Waals surface area contributed by atoms with Crippen LogP contribution in [-0.2, 0) is 16.4 Å². The fourth-order valence-corrected chi connectivity index (χ4v) is 3.84.